The lowest BCUT2D eigenvalue weighted by Gasteiger charge is -2.16. The van der Waals surface area contributed by atoms with Crippen LogP contribution in [0, 0.1) is 0 Å². The molecule has 0 unspecified atom stereocenters. The molecule has 0 aliphatic heterocycles. The Hall–Kier alpha value is -3.08. The monoisotopic (exact) mass is 308 g/mol. The number of phenols is 1. The van der Waals surface area contributed by atoms with Crippen LogP contribution in [0.4, 0.5) is 5.69 Å². The van der Waals surface area contributed by atoms with Gasteiger partial charge in [0, 0.05) is 11.8 Å². The van der Waals surface area contributed by atoms with Gasteiger partial charge < -0.3 is 15.5 Å². The first-order valence-corrected chi connectivity index (χ1v) is 7.24. The van der Waals surface area contributed by atoms with Crippen LogP contribution in [-0.2, 0) is 11.2 Å². The molecule has 2 aromatic carbocycles. The maximum absolute atomic E-state index is 11.5. The van der Waals surface area contributed by atoms with Crippen LogP contribution >= 0.6 is 0 Å². The minimum atomic E-state index is -0.939. The molecule has 0 amide bonds. The fourth-order valence-corrected chi connectivity index (χ4v) is 2.42. The number of aromatic hydroxyl groups is 1. The third kappa shape index (κ3) is 3.58. The average Bonchev–Trinajstić information content (AvgIpc) is 2.56. The summed E-state index contributed by atoms with van der Waals surface area (Å²) in [5.74, 6) is -0.779. The molecule has 5 nitrogen and oxygen atoms in total. The minimum absolute atomic E-state index is 0.160. The topological polar surface area (TPSA) is 82.5 Å². The van der Waals surface area contributed by atoms with E-state index in [9.17, 15) is 15.0 Å². The molecule has 116 valence electrons. The highest BCUT2D eigenvalue weighted by Gasteiger charge is 2.18. The normalized spacial score (nSPS) is 12.0. The molecule has 0 fully saturated rings. The Balaban J connectivity index is 1.80. The molecule has 1 aromatic heterocycles. The molecule has 1 atom stereocenters. The molecule has 0 spiro atoms. The van der Waals surface area contributed by atoms with Gasteiger partial charge in [-0.3, -0.25) is 4.98 Å². The summed E-state index contributed by atoms with van der Waals surface area (Å²) in [5.41, 5.74) is 2.36. The first-order valence-electron chi connectivity index (χ1n) is 7.24. The minimum Gasteiger partial charge on any atom is -0.508 e. The standard InChI is InChI=1S/C18H16N2O3/c21-15-7-5-12(6-8-15)9-17(18(22)23)20-14-10-13-3-1-2-4-16(13)19-11-14/h1-8,10-11,17,20-21H,9H2,(H,22,23)/t17-/m0/s1. The van der Waals surface area contributed by atoms with Gasteiger partial charge in [-0.15, -0.1) is 0 Å². The maximum Gasteiger partial charge on any atom is 0.326 e. The van der Waals surface area contributed by atoms with E-state index in [1.165, 1.54) is 0 Å². The molecule has 3 N–H and O–H groups in total. The first kappa shape index (κ1) is 14.8. The summed E-state index contributed by atoms with van der Waals surface area (Å²) >= 11 is 0. The van der Waals surface area contributed by atoms with Crippen molar-refractivity contribution in [3.05, 3.63) is 66.4 Å². The van der Waals surface area contributed by atoms with E-state index in [0.717, 1.165) is 16.5 Å². The lowest BCUT2D eigenvalue weighted by Crippen LogP contribution is -2.31. The van der Waals surface area contributed by atoms with Gasteiger partial charge in [0.1, 0.15) is 11.8 Å². The van der Waals surface area contributed by atoms with Gasteiger partial charge in [0.15, 0.2) is 0 Å². The van der Waals surface area contributed by atoms with Crippen molar-refractivity contribution >= 4 is 22.6 Å². The van der Waals surface area contributed by atoms with Crippen molar-refractivity contribution in [1.82, 2.24) is 4.98 Å². The van der Waals surface area contributed by atoms with Crippen molar-refractivity contribution in [2.45, 2.75) is 12.5 Å². The Kier molecular flexibility index (Phi) is 4.10. The van der Waals surface area contributed by atoms with E-state index in [-0.39, 0.29) is 5.75 Å². The molecule has 0 saturated heterocycles. The van der Waals surface area contributed by atoms with Crippen molar-refractivity contribution < 1.29 is 15.0 Å². The Morgan fingerprint density at radius 2 is 1.87 bits per heavy atom. The molecule has 0 saturated carbocycles. The number of nitrogens with one attached hydrogen (secondary N) is 1. The highest BCUT2D eigenvalue weighted by Crippen LogP contribution is 2.18. The number of para-hydroxylation sites is 1. The number of aromatic nitrogens is 1. The second-order valence-corrected chi connectivity index (χ2v) is 5.32. The maximum atomic E-state index is 11.5. The third-order valence-corrected chi connectivity index (χ3v) is 3.61. The van der Waals surface area contributed by atoms with E-state index in [4.69, 9.17) is 0 Å². The van der Waals surface area contributed by atoms with Crippen molar-refractivity contribution in [1.29, 1.82) is 0 Å². The second-order valence-electron chi connectivity index (χ2n) is 5.32. The lowest BCUT2D eigenvalue weighted by molar-refractivity contribution is -0.137. The summed E-state index contributed by atoms with van der Waals surface area (Å²) < 4.78 is 0. The summed E-state index contributed by atoms with van der Waals surface area (Å²) in [4.78, 5) is 15.8. The molecule has 0 bridgehead atoms. The molecule has 0 aliphatic rings. The zero-order chi connectivity index (χ0) is 16.2. The van der Waals surface area contributed by atoms with Crippen LogP contribution < -0.4 is 5.32 Å². The lowest BCUT2D eigenvalue weighted by atomic mass is 10.1. The predicted octanol–water partition coefficient (Wildman–Crippen LogP) is 3.05. The van der Waals surface area contributed by atoms with Gasteiger partial charge >= 0.3 is 5.97 Å². The van der Waals surface area contributed by atoms with E-state index < -0.39 is 12.0 Å². The molecule has 1 heterocycles. The van der Waals surface area contributed by atoms with Crippen molar-refractivity contribution in [2.75, 3.05) is 5.32 Å². The second kappa shape index (κ2) is 6.36. The number of nitrogens with zero attached hydrogens (tertiary/aromatic N) is 1. The van der Waals surface area contributed by atoms with Crippen molar-refractivity contribution in [2.24, 2.45) is 0 Å². The molecule has 0 aliphatic carbocycles. The van der Waals surface area contributed by atoms with Gasteiger partial charge in [-0.25, -0.2) is 4.79 Å². The average molecular weight is 308 g/mol. The molecule has 3 rings (SSSR count). The number of hydrogen-bond donors (Lipinski definition) is 3. The summed E-state index contributed by atoms with van der Waals surface area (Å²) in [6, 6.07) is 15.3. The molecule has 5 heteroatoms. The molecular weight excluding hydrogens is 292 g/mol. The van der Waals surface area contributed by atoms with Gasteiger partial charge in [-0.05, 0) is 29.8 Å². The molecular formula is C18H16N2O3. The Morgan fingerprint density at radius 1 is 1.13 bits per heavy atom. The number of fused-ring (bicyclic) bond motifs is 1. The van der Waals surface area contributed by atoms with Crippen LogP contribution in [-0.4, -0.2) is 27.2 Å². The quantitative estimate of drug-likeness (QED) is 0.675. The fraction of sp³-hybridized carbons (Fsp3) is 0.111. The van der Waals surface area contributed by atoms with Crippen LogP contribution in [0.15, 0.2) is 60.8 Å². The molecule has 3 aromatic rings. The highest BCUT2D eigenvalue weighted by atomic mass is 16.4. The first-order chi connectivity index (χ1) is 11.1. The smallest absolute Gasteiger partial charge is 0.326 e. The van der Waals surface area contributed by atoms with Crippen LogP contribution in [0.3, 0.4) is 0 Å². The largest absolute Gasteiger partial charge is 0.508 e. The van der Waals surface area contributed by atoms with E-state index in [2.05, 4.69) is 10.3 Å². The summed E-state index contributed by atoms with van der Waals surface area (Å²) in [5, 5.41) is 22.7. The van der Waals surface area contributed by atoms with E-state index in [0.29, 0.717) is 12.1 Å². The summed E-state index contributed by atoms with van der Waals surface area (Å²) in [6.07, 6.45) is 1.94. The van der Waals surface area contributed by atoms with Gasteiger partial charge in [-0.2, -0.15) is 0 Å². The Bertz CT molecular complexity index is 831. The Labute approximate surface area is 133 Å². The van der Waals surface area contributed by atoms with Crippen LogP contribution in [0.5, 0.6) is 5.75 Å². The third-order valence-electron chi connectivity index (χ3n) is 3.61. The number of phenolic OH excluding ortho intramolecular Hbond substituents is 1. The fourth-order valence-electron chi connectivity index (χ4n) is 2.42. The number of hydrogen-bond acceptors (Lipinski definition) is 4. The van der Waals surface area contributed by atoms with Gasteiger partial charge in [-0.1, -0.05) is 30.3 Å². The van der Waals surface area contributed by atoms with Crippen LogP contribution in [0.1, 0.15) is 5.56 Å². The summed E-state index contributed by atoms with van der Waals surface area (Å²) in [6.45, 7) is 0. The van der Waals surface area contributed by atoms with Crippen molar-refractivity contribution in [3.8, 4) is 5.75 Å². The molecule has 0 radical (unpaired) electrons. The number of carbonyl (C=O) groups is 1. The van der Waals surface area contributed by atoms with E-state index in [1.807, 2.05) is 30.3 Å². The van der Waals surface area contributed by atoms with Crippen LogP contribution in [0.25, 0.3) is 10.9 Å². The summed E-state index contributed by atoms with van der Waals surface area (Å²) in [7, 11) is 0. The SMILES string of the molecule is O=C(O)[C@H](Cc1ccc(O)cc1)Nc1cnc2ccccc2c1. The molecule has 23 heavy (non-hydrogen) atoms. The highest BCUT2D eigenvalue weighted by molar-refractivity contribution is 5.83. The zero-order valence-electron chi connectivity index (χ0n) is 12.3. The van der Waals surface area contributed by atoms with Crippen LogP contribution in [0.2, 0.25) is 0 Å². The number of aliphatic carboxylic acids is 1. The van der Waals surface area contributed by atoms with E-state index >= 15 is 0 Å². The Morgan fingerprint density at radius 3 is 2.61 bits per heavy atom. The number of carboxylic acid groups (broad SMARTS) is 1. The number of pyridine rings is 1. The van der Waals surface area contributed by atoms with Gasteiger partial charge in [0.25, 0.3) is 0 Å². The number of rotatable bonds is 5. The van der Waals surface area contributed by atoms with Gasteiger partial charge in [0.2, 0.25) is 0 Å². The van der Waals surface area contributed by atoms with Crippen molar-refractivity contribution in [3.63, 3.8) is 0 Å². The number of anilines is 1. The number of carboxylic acids is 1. The zero-order valence-corrected chi connectivity index (χ0v) is 12.3. The predicted molar refractivity (Wildman–Crippen MR) is 88.6 cm³/mol. The van der Waals surface area contributed by atoms with E-state index in [1.54, 1.807) is 30.5 Å². The number of benzene rings is 2. The van der Waals surface area contributed by atoms with Gasteiger partial charge in [0.05, 0.1) is 17.4 Å².